The Balaban J connectivity index is 1.60. The van der Waals surface area contributed by atoms with Crippen molar-refractivity contribution in [3.63, 3.8) is 0 Å². The highest BCUT2D eigenvalue weighted by molar-refractivity contribution is 6.30. The zero-order valence-electron chi connectivity index (χ0n) is 20.9. The van der Waals surface area contributed by atoms with E-state index in [9.17, 15) is 31.1 Å². The summed E-state index contributed by atoms with van der Waals surface area (Å²) in [6.07, 6.45) is -2.95. The highest BCUT2D eigenvalue weighted by atomic mass is 35.5. The van der Waals surface area contributed by atoms with Crippen LogP contribution in [0.5, 0.6) is 0 Å². The van der Waals surface area contributed by atoms with E-state index in [0.717, 1.165) is 30.5 Å². The number of H-pyrrole nitrogens is 1. The number of amides is 1. The Labute approximate surface area is 235 Å². The van der Waals surface area contributed by atoms with Crippen LogP contribution in [-0.2, 0) is 11.2 Å². The van der Waals surface area contributed by atoms with Gasteiger partial charge in [0.25, 0.3) is 0 Å². The van der Waals surface area contributed by atoms with Crippen molar-refractivity contribution in [3.05, 3.63) is 124 Å². The first-order valence-electron chi connectivity index (χ1n) is 12.3. The number of aromatic nitrogens is 2. The van der Waals surface area contributed by atoms with Gasteiger partial charge in [-0.3, -0.25) is 9.78 Å². The van der Waals surface area contributed by atoms with E-state index in [1.54, 1.807) is 36.4 Å². The molecule has 0 saturated carbocycles. The number of carbonyl (C=O) groups excluding carboxylic acids is 1. The zero-order chi connectivity index (χ0) is 29.3. The predicted octanol–water partition coefficient (Wildman–Crippen LogP) is 8.05. The van der Waals surface area contributed by atoms with E-state index in [1.807, 2.05) is 0 Å². The molecule has 0 fully saturated rings. The molecule has 41 heavy (non-hydrogen) atoms. The van der Waals surface area contributed by atoms with E-state index < -0.39 is 47.1 Å². The van der Waals surface area contributed by atoms with Crippen molar-refractivity contribution in [1.82, 2.24) is 15.3 Å². The molecule has 2 aromatic heterocycles. The molecule has 1 amide bonds. The largest absolute Gasteiger partial charge is 0.404 e. The molecule has 0 spiro atoms. The number of rotatable bonds is 7. The topological polar surface area (TPSA) is 57.8 Å². The molecule has 2 N–H and O–H groups in total. The lowest BCUT2D eigenvalue weighted by atomic mass is 9.93. The van der Waals surface area contributed by atoms with Gasteiger partial charge in [-0.15, -0.1) is 0 Å². The van der Waals surface area contributed by atoms with Crippen LogP contribution in [0.25, 0.3) is 22.0 Å². The lowest BCUT2D eigenvalue weighted by molar-refractivity contribution is -0.165. The number of nitrogens with zero attached hydrogens (tertiary/aromatic N) is 1. The second kappa shape index (κ2) is 11.3. The molecule has 0 saturated heterocycles. The van der Waals surface area contributed by atoms with Crippen LogP contribution < -0.4 is 5.32 Å². The quantitative estimate of drug-likeness (QED) is 0.189. The van der Waals surface area contributed by atoms with Gasteiger partial charge in [-0.05, 0) is 71.6 Å². The van der Waals surface area contributed by atoms with Crippen molar-refractivity contribution < 1.29 is 31.1 Å². The molecule has 0 aliphatic rings. The van der Waals surface area contributed by atoms with E-state index >= 15 is 0 Å². The number of benzene rings is 3. The van der Waals surface area contributed by atoms with Crippen LogP contribution in [0.3, 0.4) is 0 Å². The Bertz CT molecular complexity index is 1700. The fourth-order valence-electron chi connectivity index (χ4n) is 4.82. The lowest BCUT2D eigenvalue weighted by Gasteiger charge is -2.25. The fraction of sp³-hybridized carbons (Fsp3) is 0.133. The van der Waals surface area contributed by atoms with Crippen LogP contribution in [0.4, 0.5) is 26.3 Å². The number of aromatic amines is 1. The Hall–Kier alpha value is -4.31. The summed E-state index contributed by atoms with van der Waals surface area (Å²) in [6, 6.07) is 14.5. The van der Waals surface area contributed by atoms with Gasteiger partial charge in [0, 0.05) is 39.9 Å². The molecule has 0 aliphatic carbocycles. The molecule has 0 aliphatic heterocycles. The fourth-order valence-corrected chi connectivity index (χ4v) is 4.95. The molecule has 210 valence electrons. The molecule has 11 heteroatoms. The maximum absolute atomic E-state index is 14.4. The Morgan fingerprint density at radius 3 is 2.32 bits per heavy atom. The van der Waals surface area contributed by atoms with Crippen LogP contribution >= 0.6 is 11.6 Å². The van der Waals surface area contributed by atoms with Crippen molar-refractivity contribution in [3.8, 4) is 11.1 Å². The number of pyridine rings is 1. The SMILES string of the molecule is O=C(NC(Cc1cc(F)cc(F)c1)c1ncccc1-c1ccc(Cl)cc1)C(c1c[nH]c2ccc(F)cc12)C(F)(F)F. The van der Waals surface area contributed by atoms with Gasteiger partial charge in [-0.2, -0.15) is 13.2 Å². The van der Waals surface area contributed by atoms with E-state index in [0.29, 0.717) is 22.2 Å². The molecule has 2 atom stereocenters. The molecular weight excluding hydrogens is 568 g/mol. The summed E-state index contributed by atoms with van der Waals surface area (Å²) in [4.78, 5) is 20.5. The average molecular weight is 588 g/mol. The second-order valence-electron chi connectivity index (χ2n) is 9.39. The molecule has 2 unspecified atom stereocenters. The number of alkyl halides is 3. The van der Waals surface area contributed by atoms with Gasteiger partial charge in [0.15, 0.2) is 5.92 Å². The maximum Gasteiger partial charge on any atom is 0.404 e. The third-order valence-corrected chi connectivity index (χ3v) is 6.83. The molecule has 2 heterocycles. The van der Waals surface area contributed by atoms with Crippen LogP contribution in [0.1, 0.15) is 28.8 Å². The molecule has 5 aromatic rings. The molecule has 3 aromatic carbocycles. The van der Waals surface area contributed by atoms with Gasteiger partial charge in [0.1, 0.15) is 17.5 Å². The van der Waals surface area contributed by atoms with E-state index in [1.165, 1.54) is 12.3 Å². The number of hydrogen-bond acceptors (Lipinski definition) is 2. The maximum atomic E-state index is 14.4. The summed E-state index contributed by atoms with van der Waals surface area (Å²) in [5.74, 6) is -6.69. The van der Waals surface area contributed by atoms with E-state index in [-0.39, 0.29) is 28.6 Å². The first-order chi connectivity index (χ1) is 19.5. The van der Waals surface area contributed by atoms with Gasteiger partial charge >= 0.3 is 6.18 Å². The van der Waals surface area contributed by atoms with Crippen LogP contribution in [-0.4, -0.2) is 22.1 Å². The molecule has 4 nitrogen and oxygen atoms in total. The molecular formula is C30H20ClF6N3O. The summed E-state index contributed by atoms with van der Waals surface area (Å²) in [7, 11) is 0. The van der Waals surface area contributed by atoms with E-state index in [4.69, 9.17) is 11.6 Å². The first kappa shape index (κ1) is 28.2. The average Bonchev–Trinajstić information content (AvgIpc) is 3.30. The smallest absolute Gasteiger partial charge is 0.361 e. The summed E-state index contributed by atoms with van der Waals surface area (Å²) in [6.45, 7) is 0. The van der Waals surface area contributed by atoms with Gasteiger partial charge in [-0.25, -0.2) is 13.2 Å². The number of nitrogens with one attached hydrogen (secondary N) is 2. The number of halogens is 7. The summed E-state index contributed by atoms with van der Waals surface area (Å²) >= 11 is 6.01. The minimum atomic E-state index is -5.07. The number of fused-ring (bicyclic) bond motifs is 1. The van der Waals surface area contributed by atoms with E-state index in [2.05, 4.69) is 15.3 Å². The minimum Gasteiger partial charge on any atom is -0.361 e. The van der Waals surface area contributed by atoms with Crippen LogP contribution in [0, 0.1) is 17.5 Å². The van der Waals surface area contributed by atoms with Crippen molar-refractivity contribution in [2.45, 2.75) is 24.6 Å². The lowest BCUT2D eigenvalue weighted by Crippen LogP contribution is -2.40. The van der Waals surface area contributed by atoms with Gasteiger partial charge in [-0.1, -0.05) is 29.8 Å². The van der Waals surface area contributed by atoms with Crippen LogP contribution in [0.2, 0.25) is 5.02 Å². The number of carbonyl (C=O) groups is 1. The van der Waals surface area contributed by atoms with Gasteiger partial charge < -0.3 is 10.3 Å². The highest BCUT2D eigenvalue weighted by Crippen LogP contribution is 2.40. The van der Waals surface area contributed by atoms with Crippen molar-refractivity contribution in [2.75, 3.05) is 0 Å². The highest BCUT2D eigenvalue weighted by Gasteiger charge is 2.47. The summed E-state index contributed by atoms with van der Waals surface area (Å²) in [5.41, 5.74) is 1.05. The molecule has 0 radical (unpaired) electrons. The van der Waals surface area contributed by atoms with Crippen molar-refractivity contribution in [2.24, 2.45) is 0 Å². The predicted molar refractivity (Wildman–Crippen MR) is 143 cm³/mol. The van der Waals surface area contributed by atoms with Gasteiger partial charge in [0.05, 0.1) is 11.7 Å². The third-order valence-electron chi connectivity index (χ3n) is 6.58. The molecule has 5 rings (SSSR count). The van der Waals surface area contributed by atoms with Crippen molar-refractivity contribution in [1.29, 1.82) is 0 Å². The van der Waals surface area contributed by atoms with Gasteiger partial charge in [0.2, 0.25) is 5.91 Å². The third kappa shape index (κ3) is 6.22. The Kier molecular flexibility index (Phi) is 7.77. The normalized spacial score (nSPS) is 13.2. The molecule has 0 bridgehead atoms. The summed E-state index contributed by atoms with van der Waals surface area (Å²) in [5, 5.41) is 2.76. The Morgan fingerprint density at radius 2 is 1.63 bits per heavy atom. The van der Waals surface area contributed by atoms with Crippen molar-refractivity contribution >= 4 is 28.4 Å². The monoisotopic (exact) mass is 587 g/mol. The minimum absolute atomic E-state index is 0.0817. The number of hydrogen-bond donors (Lipinski definition) is 2. The van der Waals surface area contributed by atoms with Crippen LogP contribution in [0.15, 0.2) is 85.2 Å². The first-order valence-corrected chi connectivity index (χ1v) is 12.7. The second-order valence-corrected chi connectivity index (χ2v) is 9.83. The Morgan fingerprint density at radius 1 is 0.927 bits per heavy atom. The summed E-state index contributed by atoms with van der Waals surface area (Å²) < 4.78 is 85.3. The standard InChI is InChI=1S/C30H20ClF6N3O/c31-18-5-3-17(4-6-18)22-2-1-9-38-28(22)26(12-16-10-20(33)13-21(34)11-16)40-29(41)27(30(35,36)37)24-15-39-25-8-7-19(32)14-23(24)25/h1-11,13-15,26-27,39H,12H2,(H,40,41). The zero-order valence-corrected chi connectivity index (χ0v) is 21.7.